The topological polar surface area (TPSA) is 113 Å². The van der Waals surface area contributed by atoms with E-state index in [2.05, 4.69) is 16.0 Å². The zero-order valence-corrected chi connectivity index (χ0v) is 14.7. The Morgan fingerprint density at radius 2 is 1.81 bits per heavy atom. The largest absolute Gasteiger partial charge is 0.374 e. The number of rotatable bonds is 6. The van der Waals surface area contributed by atoms with Gasteiger partial charge in [-0.25, -0.2) is 0 Å². The molecule has 0 saturated carbocycles. The maximum absolute atomic E-state index is 12.3. The molecule has 2 amide bonds. The van der Waals surface area contributed by atoms with Crippen molar-refractivity contribution in [2.45, 2.75) is 26.8 Å². The molecule has 0 aromatic heterocycles. The average molecular weight is 356 g/mol. The van der Waals surface area contributed by atoms with Gasteiger partial charge in [0, 0.05) is 36.1 Å². The molecular formula is C18H20N4O4. The molecule has 0 radical (unpaired) electrons. The molecule has 0 heterocycles. The maximum atomic E-state index is 12.3. The number of anilines is 3. The fourth-order valence-corrected chi connectivity index (χ4v) is 2.35. The van der Waals surface area contributed by atoms with E-state index >= 15 is 0 Å². The van der Waals surface area contributed by atoms with Gasteiger partial charge in [0.2, 0.25) is 11.8 Å². The number of nitro groups is 1. The van der Waals surface area contributed by atoms with E-state index in [0.29, 0.717) is 11.4 Å². The number of non-ortho nitro benzene ring substituents is 1. The second kappa shape index (κ2) is 8.11. The van der Waals surface area contributed by atoms with Crippen LogP contribution in [-0.2, 0) is 9.59 Å². The van der Waals surface area contributed by atoms with Gasteiger partial charge in [0.25, 0.3) is 5.69 Å². The molecule has 1 atom stereocenters. The molecule has 2 rings (SSSR count). The van der Waals surface area contributed by atoms with Crippen molar-refractivity contribution < 1.29 is 14.5 Å². The Morgan fingerprint density at radius 3 is 2.42 bits per heavy atom. The molecule has 0 bridgehead atoms. The van der Waals surface area contributed by atoms with Crippen molar-refractivity contribution >= 4 is 34.6 Å². The summed E-state index contributed by atoms with van der Waals surface area (Å²) in [6, 6.07) is 10.5. The number of nitrogens with one attached hydrogen (secondary N) is 3. The van der Waals surface area contributed by atoms with Crippen molar-refractivity contribution in [2.24, 2.45) is 0 Å². The molecule has 2 aromatic rings. The van der Waals surface area contributed by atoms with E-state index in [1.165, 1.54) is 25.1 Å². The highest BCUT2D eigenvalue weighted by molar-refractivity contribution is 5.96. The van der Waals surface area contributed by atoms with Gasteiger partial charge in [0.05, 0.1) is 4.92 Å². The van der Waals surface area contributed by atoms with Gasteiger partial charge in [0.1, 0.15) is 6.04 Å². The van der Waals surface area contributed by atoms with Crippen LogP contribution in [0, 0.1) is 17.0 Å². The van der Waals surface area contributed by atoms with Gasteiger partial charge >= 0.3 is 0 Å². The van der Waals surface area contributed by atoms with Gasteiger partial charge in [-0.15, -0.1) is 0 Å². The normalized spacial score (nSPS) is 11.3. The molecule has 1 unspecified atom stereocenters. The first-order valence-electron chi connectivity index (χ1n) is 7.96. The zero-order valence-electron chi connectivity index (χ0n) is 14.7. The highest BCUT2D eigenvalue weighted by Gasteiger charge is 2.15. The molecule has 0 saturated heterocycles. The van der Waals surface area contributed by atoms with Crippen molar-refractivity contribution in [3.63, 3.8) is 0 Å². The van der Waals surface area contributed by atoms with Gasteiger partial charge in [-0.2, -0.15) is 0 Å². The van der Waals surface area contributed by atoms with Crippen molar-refractivity contribution in [2.75, 3.05) is 16.0 Å². The lowest BCUT2D eigenvalue weighted by atomic mass is 10.1. The third-order valence-electron chi connectivity index (χ3n) is 3.64. The van der Waals surface area contributed by atoms with E-state index < -0.39 is 11.0 Å². The number of carbonyl (C=O) groups is 2. The molecule has 8 heteroatoms. The van der Waals surface area contributed by atoms with E-state index in [9.17, 15) is 19.7 Å². The summed E-state index contributed by atoms with van der Waals surface area (Å²) in [7, 11) is 0. The lowest BCUT2D eigenvalue weighted by Gasteiger charge is -2.16. The average Bonchev–Trinajstić information content (AvgIpc) is 2.57. The fraction of sp³-hybridized carbons (Fsp3) is 0.222. The molecule has 0 fully saturated rings. The maximum Gasteiger partial charge on any atom is 0.271 e. The van der Waals surface area contributed by atoms with Gasteiger partial charge in [-0.05, 0) is 43.7 Å². The minimum atomic E-state index is -0.569. The van der Waals surface area contributed by atoms with Crippen molar-refractivity contribution in [3.8, 4) is 0 Å². The third-order valence-corrected chi connectivity index (χ3v) is 3.64. The number of nitro benzene ring substituents is 1. The number of benzene rings is 2. The monoisotopic (exact) mass is 356 g/mol. The Morgan fingerprint density at radius 1 is 1.08 bits per heavy atom. The van der Waals surface area contributed by atoms with E-state index in [1.54, 1.807) is 25.1 Å². The van der Waals surface area contributed by atoms with Crippen LogP contribution in [0.25, 0.3) is 0 Å². The molecule has 0 aliphatic heterocycles. The number of amides is 2. The van der Waals surface area contributed by atoms with E-state index in [1.807, 2.05) is 13.0 Å². The van der Waals surface area contributed by atoms with Gasteiger partial charge < -0.3 is 16.0 Å². The Kier molecular flexibility index (Phi) is 5.90. The van der Waals surface area contributed by atoms with E-state index in [0.717, 1.165) is 11.3 Å². The summed E-state index contributed by atoms with van der Waals surface area (Å²) in [5.74, 6) is -0.479. The molecule has 2 aromatic carbocycles. The van der Waals surface area contributed by atoms with Crippen LogP contribution in [0.4, 0.5) is 22.7 Å². The van der Waals surface area contributed by atoms with Crippen LogP contribution in [0.1, 0.15) is 19.4 Å². The summed E-state index contributed by atoms with van der Waals surface area (Å²) < 4.78 is 0. The third kappa shape index (κ3) is 5.04. The summed E-state index contributed by atoms with van der Waals surface area (Å²) in [6.45, 7) is 4.97. The fourth-order valence-electron chi connectivity index (χ4n) is 2.35. The molecular weight excluding hydrogens is 336 g/mol. The van der Waals surface area contributed by atoms with Crippen LogP contribution in [0.3, 0.4) is 0 Å². The molecule has 0 aliphatic rings. The second-order valence-electron chi connectivity index (χ2n) is 5.87. The smallest absolute Gasteiger partial charge is 0.271 e. The first-order valence-corrected chi connectivity index (χ1v) is 7.96. The lowest BCUT2D eigenvalue weighted by Crippen LogP contribution is -2.31. The Balaban J connectivity index is 2.03. The first kappa shape index (κ1) is 18.9. The Hall–Kier alpha value is -3.42. The van der Waals surface area contributed by atoms with Crippen molar-refractivity contribution in [1.29, 1.82) is 0 Å². The molecule has 26 heavy (non-hydrogen) atoms. The predicted molar refractivity (Wildman–Crippen MR) is 100 cm³/mol. The number of hydrogen-bond acceptors (Lipinski definition) is 5. The quantitative estimate of drug-likeness (QED) is 0.543. The highest BCUT2D eigenvalue weighted by Crippen LogP contribution is 2.21. The van der Waals surface area contributed by atoms with E-state index in [4.69, 9.17) is 0 Å². The summed E-state index contributed by atoms with van der Waals surface area (Å²) in [6.07, 6.45) is 0. The Labute approximate surface area is 150 Å². The van der Waals surface area contributed by atoms with Crippen LogP contribution in [0.5, 0.6) is 0 Å². The number of nitrogens with zero attached hydrogens (tertiary/aromatic N) is 1. The highest BCUT2D eigenvalue weighted by atomic mass is 16.6. The predicted octanol–water partition coefficient (Wildman–Crippen LogP) is 3.30. The van der Waals surface area contributed by atoms with Crippen LogP contribution in [-0.4, -0.2) is 22.8 Å². The van der Waals surface area contributed by atoms with E-state index in [-0.39, 0.29) is 17.5 Å². The molecule has 8 nitrogen and oxygen atoms in total. The summed E-state index contributed by atoms with van der Waals surface area (Å²) >= 11 is 0. The first-order chi connectivity index (χ1) is 12.3. The van der Waals surface area contributed by atoms with Crippen molar-refractivity contribution in [1.82, 2.24) is 0 Å². The second-order valence-corrected chi connectivity index (χ2v) is 5.87. The minimum absolute atomic E-state index is 0.0902. The van der Waals surface area contributed by atoms with Gasteiger partial charge in [-0.3, -0.25) is 19.7 Å². The van der Waals surface area contributed by atoms with Crippen LogP contribution < -0.4 is 16.0 Å². The SMILES string of the molecule is CC(=O)Nc1ccc(NC(C)C(=O)Nc2cccc([N+](=O)[O-])c2)cc1C. The number of hydrogen-bond donors (Lipinski definition) is 3. The number of aryl methyl sites for hydroxylation is 1. The molecule has 136 valence electrons. The molecule has 0 spiro atoms. The molecule has 0 aliphatic carbocycles. The minimum Gasteiger partial charge on any atom is -0.374 e. The summed E-state index contributed by atoms with van der Waals surface area (Å²) in [4.78, 5) is 33.7. The van der Waals surface area contributed by atoms with Crippen LogP contribution >= 0.6 is 0 Å². The summed E-state index contributed by atoms with van der Waals surface area (Å²) in [5, 5.41) is 19.2. The van der Waals surface area contributed by atoms with Gasteiger partial charge in [0.15, 0.2) is 0 Å². The summed E-state index contributed by atoms with van der Waals surface area (Å²) in [5.41, 5.74) is 2.55. The van der Waals surface area contributed by atoms with Crippen molar-refractivity contribution in [3.05, 3.63) is 58.1 Å². The van der Waals surface area contributed by atoms with Crippen LogP contribution in [0.2, 0.25) is 0 Å². The lowest BCUT2D eigenvalue weighted by molar-refractivity contribution is -0.384. The standard InChI is InChI=1S/C18H20N4O4/c1-11-9-15(7-8-17(11)20-13(3)23)19-12(2)18(24)21-14-5-4-6-16(10-14)22(25)26/h4-10,12,19H,1-3H3,(H,20,23)(H,21,24). The Bertz CT molecular complexity index is 851. The number of carbonyl (C=O) groups excluding carboxylic acids is 2. The zero-order chi connectivity index (χ0) is 19.3. The van der Waals surface area contributed by atoms with Gasteiger partial charge in [-0.1, -0.05) is 6.07 Å². The van der Waals surface area contributed by atoms with Crippen LogP contribution in [0.15, 0.2) is 42.5 Å². The molecule has 3 N–H and O–H groups in total.